The number of benzene rings is 1. The van der Waals surface area contributed by atoms with Crippen LogP contribution in [0.15, 0.2) is 24.3 Å². The molecule has 1 aliphatic heterocycles. The quantitative estimate of drug-likeness (QED) is 0.857. The molecule has 3 amide bonds. The Hall–Kier alpha value is -2.48. The van der Waals surface area contributed by atoms with E-state index in [1.54, 1.807) is 24.3 Å². The average molecular weight is 373 g/mol. The molecule has 26 heavy (non-hydrogen) atoms. The van der Waals surface area contributed by atoms with Crippen LogP contribution in [0.2, 0.25) is 0 Å². The molecule has 1 aliphatic rings. The summed E-state index contributed by atoms with van der Waals surface area (Å²) in [7, 11) is 0. The fourth-order valence-corrected chi connectivity index (χ4v) is 3.51. The molecular formula is C18H23N5O2S. The Morgan fingerprint density at radius 2 is 2.00 bits per heavy atom. The van der Waals surface area contributed by atoms with Gasteiger partial charge >= 0.3 is 6.03 Å². The van der Waals surface area contributed by atoms with Gasteiger partial charge in [0.15, 0.2) is 0 Å². The lowest BCUT2D eigenvalue weighted by Gasteiger charge is -2.30. The van der Waals surface area contributed by atoms with E-state index in [0.29, 0.717) is 22.3 Å². The number of aryl methyl sites for hydroxylation is 1. The van der Waals surface area contributed by atoms with E-state index < -0.39 is 6.03 Å². The van der Waals surface area contributed by atoms with Gasteiger partial charge in [-0.3, -0.25) is 10.1 Å². The number of piperidine rings is 1. The standard InChI is InChI=1S/C18H23N5O2S/c1-3-15-21-22-18(26-15)20-17(25)19-14-6-4-5-13(11-14)16(24)23-9-7-12(2)8-10-23/h4-6,11-12H,3,7-10H2,1-2H3,(H2,19,20,22,25). The number of urea groups is 1. The lowest BCUT2D eigenvalue weighted by atomic mass is 9.98. The molecule has 0 bridgehead atoms. The van der Waals surface area contributed by atoms with Crippen LogP contribution in [0.5, 0.6) is 0 Å². The molecule has 2 N–H and O–H groups in total. The number of hydrogen-bond donors (Lipinski definition) is 2. The zero-order valence-corrected chi connectivity index (χ0v) is 15.8. The van der Waals surface area contributed by atoms with Crippen LogP contribution in [0.4, 0.5) is 15.6 Å². The minimum absolute atomic E-state index is 0.0117. The Bertz CT molecular complexity index is 783. The summed E-state index contributed by atoms with van der Waals surface area (Å²) >= 11 is 1.34. The first-order valence-electron chi connectivity index (χ1n) is 8.85. The Morgan fingerprint density at radius 3 is 2.69 bits per heavy atom. The minimum atomic E-state index is -0.403. The zero-order chi connectivity index (χ0) is 18.5. The molecule has 0 unspecified atom stereocenters. The molecule has 138 valence electrons. The smallest absolute Gasteiger partial charge is 0.325 e. The fourth-order valence-electron chi connectivity index (χ4n) is 2.83. The maximum Gasteiger partial charge on any atom is 0.325 e. The summed E-state index contributed by atoms with van der Waals surface area (Å²) in [6, 6.07) is 6.61. The number of nitrogens with one attached hydrogen (secondary N) is 2. The van der Waals surface area contributed by atoms with Crippen LogP contribution in [-0.2, 0) is 6.42 Å². The number of rotatable bonds is 4. The van der Waals surface area contributed by atoms with Crippen LogP contribution in [0.1, 0.15) is 42.1 Å². The van der Waals surface area contributed by atoms with E-state index >= 15 is 0 Å². The minimum Gasteiger partial charge on any atom is -0.339 e. The van der Waals surface area contributed by atoms with Gasteiger partial charge in [0, 0.05) is 24.3 Å². The van der Waals surface area contributed by atoms with Crippen molar-refractivity contribution in [2.24, 2.45) is 5.92 Å². The van der Waals surface area contributed by atoms with Crippen molar-refractivity contribution in [3.05, 3.63) is 34.8 Å². The van der Waals surface area contributed by atoms with Crippen molar-refractivity contribution in [3.63, 3.8) is 0 Å². The fraction of sp³-hybridized carbons (Fsp3) is 0.444. The first-order chi connectivity index (χ1) is 12.5. The molecule has 8 heteroatoms. The van der Waals surface area contributed by atoms with Crippen molar-refractivity contribution < 1.29 is 9.59 Å². The van der Waals surface area contributed by atoms with Crippen molar-refractivity contribution in [1.82, 2.24) is 15.1 Å². The number of amides is 3. The van der Waals surface area contributed by atoms with Crippen molar-refractivity contribution in [2.75, 3.05) is 23.7 Å². The van der Waals surface area contributed by atoms with Gasteiger partial charge in [-0.15, -0.1) is 10.2 Å². The monoisotopic (exact) mass is 373 g/mol. The van der Waals surface area contributed by atoms with E-state index in [1.165, 1.54) is 11.3 Å². The van der Waals surface area contributed by atoms with E-state index in [2.05, 4.69) is 27.8 Å². The maximum absolute atomic E-state index is 12.7. The van der Waals surface area contributed by atoms with Gasteiger partial charge in [0.05, 0.1) is 0 Å². The molecule has 1 aromatic carbocycles. The first-order valence-corrected chi connectivity index (χ1v) is 9.66. The second kappa shape index (κ2) is 8.27. The molecule has 0 atom stereocenters. The number of nitrogens with zero attached hydrogens (tertiary/aromatic N) is 3. The molecule has 7 nitrogen and oxygen atoms in total. The number of anilines is 2. The summed E-state index contributed by atoms with van der Waals surface area (Å²) in [4.78, 5) is 26.7. The number of likely N-dealkylation sites (tertiary alicyclic amines) is 1. The summed E-state index contributed by atoms with van der Waals surface area (Å²) in [5.41, 5.74) is 1.15. The highest BCUT2D eigenvalue weighted by molar-refractivity contribution is 7.15. The van der Waals surface area contributed by atoms with E-state index in [9.17, 15) is 9.59 Å². The maximum atomic E-state index is 12.7. The van der Waals surface area contributed by atoms with Crippen molar-refractivity contribution in [3.8, 4) is 0 Å². The second-order valence-electron chi connectivity index (χ2n) is 6.49. The summed E-state index contributed by atoms with van der Waals surface area (Å²) in [6.07, 6.45) is 2.85. The molecule has 1 saturated heterocycles. The van der Waals surface area contributed by atoms with Gasteiger partial charge in [0.2, 0.25) is 5.13 Å². The Labute approximate surface area is 156 Å². The topological polar surface area (TPSA) is 87.2 Å². The highest BCUT2D eigenvalue weighted by Crippen LogP contribution is 2.20. The molecule has 0 aliphatic carbocycles. The van der Waals surface area contributed by atoms with Crippen molar-refractivity contribution in [2.45, 2.75) is 33.1 Å². The molecule has 0 radical (unpaired) electrons. The summed E-state index contributed by atoms with van der Waals surface area (Å²) in [6.45, 7) is 5.77. The predicted molar refractivity (Wildman–Crippen MR) is 103 cm³/mol. The zero-order valence-electron chi connectivity index (χ0n) is 15.0. The first kappa shape index (κ1) is 18.3. The van der Waals surface area contributed by atoms with Crippen LogP contribution >= 0.6 is 11.3 Å². The summed E-state index contributed by atoms with van der Waals surface area (Å²) < 4.78 is 0. The molecule has 0 saturated carbocycles. The molecule has 0 spiro atoms. The van der Waals surface area contributed by atoms with Gasteiger partial charge < -0.3 is 10.2 Å². The summed E-state index contributed by atoms with van der Waals surface area (Å²) in [5, 5.41) is 14.6. The molecule has 3 rings (SSSR count). The molecule has 2 heterocycles. The third-order valence-electron chi connectivity index (χ3n) is 4.43. The highest BCUT2D eigenvalue weighted by atomic mass is 32.1. The predicted octanol–water partition coefficient (Wildman–Crippen LogP) is 3.62. The Morgan fingerprint density at radius 1 is 1.23 bits per heavy atom. The molecule has 1 fully saturated rings. The van der Waals surface area contributed by atoms with Gasteiger partial charge in [-0.2, -0.15) is 0 Å². The third-order valence-corrected chi connectivity index (χ3v) is 5.41. The summed E-state index contributed by atoms with van der Waals surface area (Å²) in [5.74, 6) is 0.682. The second-order valence-corrected chi connectivity index (χ2v) is 7.55. The van der Waals surface area contributed by atoms with Crippen LogP contribution in [-0.4, -0.2) is 40.1 Å². The molecule has 1 aromatic heterocycles. The lowest BCUT2D eigenvalue weighted by molar-refractivity contribution is 0.0697. The van der Waals surface area contributed by atoms with Gasteiger partial charge in [-0.25, -0.2) is 4.79 Å². The molecular weight excluding hydrogens is 350 g/mol. The van der Waals surface area contributed by atoms with Gasteiger partial charge in [0.1, 0.15) is 5.01 Å². The Balaban J connectivity index is 1.61. The van der Waals surface area contributed by atoms with E-state index in [1.807, 2.05) is 11.8 Å². The van der Waals surface area contributed by atoms with Gasteiger partial charge in [-0.1, -0.05) is 31.3 Å². The third kappa shape index (κ3) is 4.57. The number of carbonyl (C=O) groups is 2. The van der Waals surface area contributed by atoms with Crippen molar-refractivity contribution >= 4 is 34.1 Å². The van der Waals surface area contributed by atoms with Gasteiger partial charge in [-0.05, 0) is 43.4 Å². The highest BCUT2D eigenvalue weighted by Gasteiger charge is 2.21. The number of hydrogen-bond acceptors (Lipinski definition) is 5. The lowest BCUT2D eigenvalue weighted by Crippen LogP contribution is -2.37. The van der Waals surface area contributed by atoms with E-state index in [4.69, 9.17) is 0 Å². The Kier molecular flexibility index (Phi) is 5.82. The largest absolute Gasteiger partial charge is 0.339 e. The molecule has 2 aromatic rings. The van der Waals surface area contributed by atoms with Crippen molar-refractivity contribution in [1.29, 1.82) is 0 Å². The van der Waals surface area contributed by atoms with E-state index in [-0.39, 0.29) is 5.91 Å². The van der Waals surface area contributed by atoms with Crippen LogP contribution in [0, 0.1) is 5.92 Å². The number of aromatic nitrogens is 2. The average Bonchev–Trinajstić information content (AvgIpc) is 3.09. The van der Waals surface area contributed by atoms with Gasteiger partial charge in [0.25, 0.3) is 5.91 Å². The van der Waals surface area contributed by atoms with Crippen LogP contribution in [0.3, 0.4) is 0 Å². The van der Waals surface area contributed by atoms with Crippen LogP contribution in [0.25, 0.3) is 0 Å². The van der Waals surface area contributed by atoms with Crippen LogP contribution < -0.4 is 10.6 Å². The SMILES string of the molecule is CCc1nnc(NC(=O)Nc2cccc(C(=O)N3CCC(C)CC3)c2)s1. The van der Waals surface area contributed by atoms with E-state index in [0.717, 1.165) is 37.4 Å². The normalized spacial score (nSPS) is 14.9. The number of carbonyl (C=O) groups excluding carboxylic acids is 2.